The van der Waals surface area contributed by atoms with Gasteiger partial charge < -0.3 is 4.98 Å². The zero-order valence-electron chi connectivity index (χ0n) is 4.98. The Morgan fingerprint density at radius 1 is 1.70 bits per heavy atom. The highest BCUT2D eigenvalue weighted by Gasteiger charge is 2.06. The standard InChI is InChI=1S/C4H6N2O3S/c7-10(8,9)3-4-5-1-2-6-4/h1-2H,3H2,(H,5,6)(H,7,8,9). The normalized spacial score (nSPS) is 11.7. The topological polar surface area (TPSA) is 83.1 Å². The number of rotatable bonds is 2. The zero-order chi connectivity index (χ0) is 7.61. The minimum atomic E-state index is -3.94. The second-order valence-electron chi connectivity index (χ2n) is 1.76. The first-order valence-corrected chi connectivity index (χ1v) is 4.12. The van der Waals surface area contributed by atoms with E-state index in [9.17, 15) is 8.42 Å². The van der Waals surface area contributed by atoms with Crippen LogP contribution in [0, 0.1) is 0 Å². The summed E-state index contributed by atoms with van der Waals surface area (Å²) in [5.41, 5.74) is 0. The number of H-pyrrole nitrogens is 1. The van der Waals surface area contributed by atoms with Gasteiger partial charge in [-0.25, -0.2) is 4.98 Å². The van der Waals surface area contributed by atoms with Crippen molar-refractivity contribution in [1.29, 1.82) is 0 Å². The molecular formula is C4H6N2O3S. The summed E-state index contributed by atoms with van der Waals surface area (Å²) in [6.07, 6.45) is 2.90. The number of nitrogens with zero attached hydrogens (tertiary/aromatic N) is 1. The molecule has 1 heterocycles. The number of hydrogen-bond donors (Lipinski definition) is 2. The van der Waals surface area contributed by atoms with Crippen LogP contribution in [0.25, 0.3) is 0 Å². The summed E-state index contributed by atoms with van der Waals surface area (Å²) in [5.74, 6) is -0.220. The third-order valence-electron chi connectivity index (χ3n) is 0.874. The van der Waals surface area contributed by atoms with Crippen LogP contribution in [0.1, 0.15) is 5.82 Å². The van der Waals surface area contributed by atoms with Crippen LogP contribution in [0.2, 0.25) is 0 Å². The van der Waals surface area contributed by atoms with Crippen LogP contribution in [0.4, 0.5) is 0 Å². The van der Waals surface area contributed by atoms with Crippen LogP contribution in [0.5, 0.6) is 0 Å². The monoisotopic (exact) mass is 162 g/mol. The van der Waals surface area contributed by atoms with Crippen LogP contribution in [0.3, 0.4) is 0 Å². The molecule has 0 aromatic carbocycles. The van der Waals surface area contributed by atoms with Gasteiger partial charge in [-0.1, -0.05) is 0 Å². The summed E-state index contributed by atoms with van der Waals surface area (Å²) in [5, 5.41) is 0. The maximum Gasteiger partial charge on any atom is 0.272 e. The molecule has 0 aliphatic carbocycles. The molecule has 0 aliphatic rings. The molecule has 0 bridgehead atoms. The quantitative estimate of drug-likeness (QED) is 0.590. The van der Waals surface area contributed by atoms with Crippen LogP contribution in [0.15, 0.2) is 12.4 Å². The lowest BCUT2D eigenvalue weighted by Crippen LogP contribution is -2.02. The number of aromatic nitrogens is 2. The molecule has 10 heavy (non-hydrogen) atoms. The Kier molecular flexibility index (Phi) is 1.73. The molecule has 0 fully saturated rings. The molecule has 0 amide bonds. The van der Waals surface area contributed by atoms with E-state index in [0.29, 0.717) is 0 Å². The maximum absolute atomic E-state index is 10.2. The molecular weight excluding hydrogens is 156 g/mol. The molecule has 0 saturated carbocycles. The van der Waals surface area contributed by atoms with Crippen molar-refractivity contribution in [2.24, 2.45) is 0 Å². The second-order valence-corrected chi connectivity index (χ2v) is 3.21. The summed E-state index contributed by atoms with van der Waals surface area (Å²) in [6.45, 7) is 0. The van der Waals surface area contributed by atoms with Crippen molar-refractivity contribution < 1.29 is 13.0 Å². The first-order valence-electron chi connectivity index (χ1n) is 2.51. The lowest BCUT2D eigenvalue weighted by Gasteiger charge is -1.89. The van der Waals surface area contributed by atoms with Crippen molar-refractivity contribution in [2.75, 3.05) is 0 Å². The Morgan fingerprint density at radius 3 is 2.80 bits per heavy atom. The molecule has 5 nitrogen and oxygen atoms in total. The number of imidazole rings is 1. The van der Waals surface area contributed by atoms with Gasteiger partial charge in [-0.2, -0.15) is 8.42 Å². The van der Waals surface area contributed by atoms with Gasteiger partial charge in [-0.15, -0.1) is 0 Å². The van der Waals surface area contributed by atoms with Gasteiger partial charge in [0.05, 0.1) is 0 Å². The lowest BCUT2D eigenvalue weighted by molar-refractivity contribution is 0.481. The fourth-order valence-electron chi connectivity index (χ4n) is 0.550. The highest BCUT2D eigenvalue weighted by Crippen LogP contribution is 1.95. The van der Waals surface area contributed by atoms with Gasteiger partial charge >= 0.3 is 0 Å². The molecule has 56 valence electrons. The van der Waals surface area contributed by atoms with E-state index in [4.69, 9.17) is 4.55 Å². The second kappa shape index (κ2) is 2.39. The van der Waals surface area contributed by atoms with Gasteiger partial charge in [0, 0.05) is 12.4 Å². The maximum atomic E-state index is 10.2. The summed E-state index contributed by atoms with van der Waals surface area (Å²) >= 11 is 0. The van der Waals surface area contributed by atoms with E-state index >= 15 is 0 Å². The van der Waals surface area contributed by atoms with E-state index in [1.807, 2.05) is 0 Å². The number of aromatic amines is 1. The number of hydrogen-bond acceptors (Lipinski definition) is 3. The molecule has 0 saturated heterocycles. The average molecular weight is 162 g/mol. The first-order chi connectivity index (χ1) is 4.58. The third-order valence-corrected chi connectivity index (χ3v) is 1.51. The fraction of sp³-hybridized carbons (Fsp3) is 0.250. The molecule has 2 N–H and O–H groups in total. The first kappa shape index (κ1) is 7.23. The van der Waals surface area contributed by atoms with E-state index in [1.54, 1.807) is 0 Å². The van der Waals surface area contributed by atoms with Crippen LogP contribution in [-0.4, -0.2) is 22.9 Å². The molecule has 0 aliphatic heterocycles. The molecule has 1 aromatic rings. The summed E-state index contributed by atoms with van der Waals surface area (Å²) in [4.78, 5) is 6.15. The van der Waals surface area contributed by atoms with Crippen molar-refractivity contribution in [3.63, 3.8) is 0 Å². The van der Waals surface area contributed by atoms with Gasteiger partial charge in [-0.05, 0) is 0 Å². The SMILES string of the molecule is O=S(=O)(O)Cc1ncc[nH]1. The summed E-state index contributed by atoms with van der Waals surface area (Å²) in [6, 6.07) is 0. The Balaban J connectivity index is 2.75. The van der Waals surface area contributed by atoms with Crippen LogP contribution >= 0.6 is 0 Å². The third kappa shape index (κ3) is 2.16. The highest BCUT2D eigenvalue weighted by molar-refractivity contribution is 7.84. The largest absolute Gasteiger partial charge is 0.348 e. The summed E-state index contributed by atoms with van der Waals surface area (Å²) in [7, 11) is -3.94. The molecule has 0 radical (unpaired) electrons. The van der Waals surface area contributed by atoms with E-state index in [-0.39, 0.29) is 5.82 Å². The molecule has 0 unspecified atom stereocenters. The summed E-state index contributed by atoms with van der Waals surface area (Å²) < 4.78 is 28.7. The lowest BCUT2D eigenvalue weighted by atomic mass is 10.7. The number of nitrogens with one attached hydrogen (secondary N) is 1. The average Bonchev–Trinajstić information content (AvgIpc) is 2.12. The van der Waals surface area contributed by atoms with Gasteiger partial charge in [0.1, 0.15) is 11.6 Å². The van der Waals surface area contributed by atoms with Gasteiger partial charge in [0.2, 0.25) is 0 Å². The Labute approximate surface area is 57.9 Å². The molecule has 0 atom stereocenters. The van der Waals surface area contributed by atoms with Crippen molar-refractivity contribution >= 4 is 10.1 Å². The predicted molar refractivity (Wildman–Crippen MR) is 33.8 cm³/mol. The molecule has 1 aromatic heterocycles. The van der Waals surface area contributed by atoms with E-state index in [1.165, 1.54) is 12.4 Å². The Morgan fingerprint density at radius 2 is 2.40 bits per heavy atom. The van der Waals surface area contributed by atoms with E-state index < -0.39 is 15.9 Å². The molecule has 6 heteroatoms. The van der Waals surface area contributed by atoms with Gasteiger partial charge in [-0.3, -0.25) is 4.55 Å². The van der Waals surface area contributed by atoms with Crippen molar-refractivity contribution in [1.82, 2.24) is 9.97 Å². The minimum Gasteiger partial charge on any atom is -0.348 e. The smallest absolute Gasteiger partial charge is 0.272 e. The van der Waals surface area contributed by atoms with Gasteiger partial charge in [0.25, 0.3) is 10.1 Å². The highest BCUT2D eigenvalue weighted by atomic mass is 32.2. The van der Waals surface area contributed by atoms with Crippen LogP contribution in [-0.2, 0) is 15.9 Å². The Hall–Kier alpha value is -0.880. The van der Waals surface area contributed by atoms with Crippen LogP contribution < -0.4 is 0 Å². The van der Waals surface area contributed by atoms with Gasteiger partial charge in [0.15, 0.2) is 0 Å². The molecule has 1 rings (SSSR count). The zero-order valence-corrected chi connectivity index (χ0v) is 5.80. The minimum absolute atomic E-state index is 0.238. The van der Waals surface area contributed by atoms with E-state index in [0.717, 1.165) is 0 Å². The van der Waals surface area contributed by atoms with Crippen molar-refractivity contribution in [3.8, 4) is 0 Å². The fourth-order valence-corrected chi connectivity index (χ4v) is 1.05. The Bertz CT molecular complexity index is 288. The molecule has 0 spiro atoms. The van der Waals surface area contributed by atoms with Crippen molar-refractivity contribution in [3.05, 3.63) is 18.2 Å². The predicted octanol–water partition coefficient (Wildman–Crippen LogP) is -0.202. The van der Waals surface area contributed by atoms with E-state index in [2.05, 4.69) is 9.97 Å². The van der Waals surface area contributed by atoms with Crippen molar-refractivity contribution in [2.45, 2.75) is 5.75 Å².